The zero-order chi connectivity index (χ0) is 12.6. The van der Waals surface area contributed by atoms with Gasteiger partial charge in [-0.15, -0.1) is 0 Å². The lowest BCUT2D eigenvalue weighted by molar-refractivity contribution is -0.127. The summed E-state index contributed by atoms with van der Waals surface area (Å²) >= 11 is 0. The smallest absolute Gasteiger partial charge is 0.241 e. The maximum atomic E-state index is 11.8. The normalized spacial score (nSPS) is 16.8. The first-order chi connectivity index (χ1) is 7.92. The van der Waals surface area contributed by atoms with Crippen LogP contribution in [-0.4, -0.2) is 38.0 Å². The van der Waals surface area contributed by atoms with Gasteiger partial charge in [0.15, 0.2) is 0 Å². The number of benzene rings is 1. The predicted molar refractivity (Wildman–Crippen MR) is 70.4 cm³/mol. The maximum absolute atomic E-state index is 11.8. The Morgan fingerprint density at radius 1 is 1.35 bits per heavy atom. The summed E-state index contributed by atoms with van der Waals surface area (Å²) in [5, 5.41) is 0. The second-order valence-electron chi connectivity index (χ2n) is 5.55. The molecule has 0 saturated carbocycles. The zero-order valence-electron chi connectivity index (χ0n) is 11.0. The van der Waals surface area contributed by atoms with E-state index >= 15 is 0 Å². The second-order valence-corrected chi connectivity index (χ2v) is 5.55. The number of carbonyl (C=O) groups is 1. The molecule has 1 aromatic carbocycles. The van der Waals surface area contributed by atoms with E-state index in [1.807, 2.05) is 6.07 Å². The van der Waals surface area contributed by atoms with Crippen molar-refractivity contribution in [1.82, 2.24) is 4.90 Å². The highest BCUT2D eigenvalue weighted by Crippen LogP contribution is 2.39. The fourth-order valence-electron chi connectivity index (χ4n) is 2.41. The van der Waals surface area contributed by atoms with Gasteiger partial charge in [-0.1, -0.05) is 32.0 Å². The fraction of sp³-hybridized carbons (Fsp3) is 0.500. The standard InChI is InChI=1S/C14H20N2O/c1-14(2)10-16(9-13(17)15(3)4)12-8-6-5-7-11(12)14/h5-8H,9-10H2,1-4H3. The van der Waals surface area contributed by atoms with Crippen molar-refractivity contribution in [2.24, 2.45) is 0 Å². The summed E-state index contributed by atoms with van der Waals surface area (Å²) < 4.78 is 0. The molecule has 92 valence electrons. The van der Waals surface area contributed by atoms with Crippen LogP contribution >= 0.6 is 0 Å². The zero-order valence-corrected chi connectivity index (χ0v) is 11.0. The van der Waals surface area contributed by atoms with Gasteiger partial charge in [0, 0.05) is 31.7 Å². The highest BCUT2D eigenvalue weighted by Gasteiger charge is 2.35. The molecule has 1 aliphatic heterocycles. The van der Waals surface area contributed by atoms with Gasteiger partial charge >= 0.3 is 0 Å². The van der Waals surface area contributed by atoms with E-state index in [1.165, 1.54) is 11.3 Å². The van der Waals surface area contributed by atoms with Crippen LogP contribution in [0.1, 0.15) is 19.4 Å². The maximum Gasteiger partial charge on any atom is 0.241 e. The van der Waals surface area contributed by atoms with Gasteiger partial charge in [0.25, 0.3) is 0 Å². The Morgan fingerprint density at radius 2 is 2.00 bits per heavy atom. The summed E-state index contributed by atoms with van der Waals surface area (Å²) in [5.41, 5.74) is 2.67. The average molecular weight is 232 g/mol. The lowest BCUT2D eigenvalue weighted by atomic mass is 9.87. The van der Waals surface area contributed by atoms with Crippen LogP contribution in [0.4, 0.5) is 5.69 Å². The van der Waals surface area contributed by atoms with Crippen molar-refractivity contribution in [2.75, 3.05) is 32.1 Å². The third kappa shape index (κ3) is 2.14. The lowest BCUT2D eigenvalue weighted by Crippen LogP contribution is -2.38. The summed E-state index contributed by atoms with van der Waals surface area (Å²) in [6.45, 7) is 5.83. The minimum atomic E-state index is 0.128. The van der Waals surface area contributed by atoms with Gasteiger partial charge in [-0.3, -0.25) is 4.79 Å². The number of rotatable bonds is 2. The van der Waals surface area contributed by atoms with Gasteiger partial charge in [-0.2, -0.15) is 0 Å². The molecular weight excluding hydrogens is 212 g/mol. The average Bonchev–Trinajstić information content (AvgIpc) is 2.51. The lowest BCUT2D eigenvalue weighted by Gasteiger charge is -2.23. The van der Waals surface area contributed by atoms with Gasteiger partial charge in [0.1, 0.15) is 0 Å². The molecule has 0 N–H and O–H groups in total. The van der Waals surface area contributed by atoms with Crippen LogP contribution in [0.3, 0.4) is 0 Å². The van der Waals surface area contributed by atoms with Gasteiger partial charge in [-0.05, 0) is 11.6 Å². The molecule has 1 heterocycles. The van der Waals surface area contributed by atoms with Gasteiger partial charge < -0.3 is 9.80 Å². The molecule has 2 rings (SSSR count). The first-order valence-electron chi connectivity index (χ1n) is 5.96. The van der Waals surface area contributed by atoms with E-state index in [0.29, 0.717) is 6.54 Å². The number of likely N-dealkylation sites (N-methyl/N-ethyl adjacent to an activating group) is 1. The molecule has 0 unspecified atom stereocenters. The second kappa shape index (κ2) is 4.06. The van der Waals surface area contributed by atoms with E-state index in [9.17, 15) is 4.79 Å². The van der Waals surface area contributed by atoms with E-state index in [0.717, 1.165) is 6.54 Å². The van der Waals surface area contributed by atoms with Crippen molar-refractivity contribution >= 4 is 11.6 Å². The molecule has 0 spiro atoms. The molecule has 0 fully saturated rings. The molecule has 0 aromatic heterocycles. The molecule has 1 aliphatic rings. The van der Waals surface area contributed by atoms with Gasteiger partial charge in [-0.25, -0.2) is 0 Å². The number of carbonyl (C=O) groups excluding carboxylic acids is 1. The Hall–Kier alpha value is -1.51. The third-order valence-electron chi connectivity index (χ3n) is 3.38. The highest BCUT2D eigenvalue weighted by atomic mass is 16.2. The third-order valence-corrected chi connectivity index (χ3v) is 3.38. The van der Waals surface area contributed by atoms with Crippen LogP contribution in [0.15, 0.2) is 24.3 Å². The van der Waals surface area contributed by atoms with Crippen molar-refractivity contribution in [3.63, 3.8) is 0 Å². The number of hydrogen-bond donors (Lipinski definition) is 0. The van der Waals surface area contributed by atoms with Crippen molar-refractivity contribution < 1.29 is 4.79 Å². The summed E-state index contributed by atoms with van der Waals surface area (Å²) in [7, 11) is 3.60. The summed E-state index contributed by atoms with van der Waals surface area (Å²) in [6.07, 6.45) is 0. The van der Waals surface area contributed by atoms with Crippen molar-refractivity contribution in [3.05, 3.63) is 29.8 Å². The van der Waals surface area contributed by atoms with E-state index in [-0.39, 0.29) is 11.3 Å². The van der Waals surface area contributed by atoms with Crippen LogP contribution in [0.5, 0.6) is 0 Å². The predicted octanol–water partition coefficient (Wildman–Crippen LogP) is 1.87. The Labute approximate surface area is 103 Å². The quantitative estimate of drug-likeness (QED) is 0.777. The number of hydrogen-bond acceptors (Lipinski definition) is 2. The summed E-state index contributed by atoms with van der Waals surface area (Å²) in [6, 6.07) is 8.37. The van der Waals surface area contributed by atoms with Crippen molar-refractivity contribution in [1.29, 1.82) is 0 Å². The Balaban J connectivity index is 2.26. The van der Waals surface area contributed by atoms with Gasteiger partial charge in [0.2, 0.25) is 5.91 Å². The highest BCUT2D eigenvalue weighted by molar-refractivity contribution is 5.82. The molecule has 0 bridgehead atoms. The first kappa shape index (κ1) is 12.0. The van der Waals surface area contributed by atoms with E-state index in [1.54, 1.807) is 19.0 Å². The summed E-state index contributed by atoms with van der Waals surface area (Å²) in [4.78, 5) is 15.6. The van der Waals surface area contributed by atoms with Gasteiger partial charge in [0.05, 0.1) is 6.54 Å². The molecule has 0 atom stereocenters. The molecule has 3 heteroatoms. The minimum absolute atomic E-state index is 0.128. The van der Waals surface area contributed by atoms with E-state index in [2.05, 4.69) is 36.9 Å². The molecule has 1 amide bonds. The molecule has 3 nitrogen and oxygen atoms in total. The number of fused-ring (bicyclic) bond motifs is 1. The number of anilines is 1. The van der Waals surface area contributed by atoms with Crippen LogP contribution in [-0.2, 0) is 10.2 Å². The Morgan fingerprint density at radius 3 is 2.65 bits per heavy atom. The number of amides is 1. The Kier molecular flexibility index (Phi) is 2.86. The van der Waals surface area contributed by atoms with Crippen LogP contribution in [0.25, 0.3) is 0 Å². The largest absolute Gasteiger partial charge is 0.361 e. The molecular formula is C14H20N2O. The molecule has 0 aliphatic carbocycles. The minimum Gasteiger partial charge on any atom is -0.361 e. The number of nitrogens with zero attached hydrogens (tertiary/aromatic N) is 2. The van der Waals surface area contributed by atoms with Crippen molar-refractivity contribution in [3.8, 4) is 0 Å². The SMILES string of the molecule is CN(C)C(=O)CN1CC(C)(C)c2ccccc21. The number of para-hydroxylation sites is 1. The fourth-order valence-corrected chi connectivity index (χ4v) is 2.41. The topological polar surface area (TPSA) is 23.6 Å². The Bertz CT molecular complexity index is 438. The molecule has 1 aromatic rings. The monoisotopic (exact) mass is 232 g/mol. The molecule has 0 saturated heterocycles. The molecule has 17 heavy (non-hydrogen) atoms. The molecule has 0 radical (unpaired) electrons. The summed E-state index contributed by atoms with van der Waals surface area (Å²) in [5.74, 6) is 0.150. The van der Waals surface area contributed by atoms with E-state index in [4.69, 9.17) is 0 Å². The van der Waals surface area contributed by atoms with Crippen LogP contribution in [0, 0.1) is 0 Å². The van der Waals surface area contributed by atoms with Crippen LogP contribution in [0.2, 0.25) is 0 Å². The first-order valence-corrected chi connectivity index (χ1v) is 5.96. The van der Waals surface area contributed by atoms with Crippen LogP contribution < -0.4 is 4.90 Å². The van der Waals surface area contributed by atoms with E-state index < -0.39 is 0 Å². The van der Waals surface area contributed by atoms with Crippen molar-refractivity contribution in [2.45, 2.75) is 19.3 Å².